The van der Waals surface area contributed by atoms with Crippen molar-refractivity contribution in [1.29, 1.82) is 0 Å². The van der Waals surface area contributed by atoms with Crippen LogP contribution in [0.3, 0.4) is 0 Å². The molecule has 3 saturated carbocycles. The van der Waals surface area contributed by atoms with Crippen LogP contribution in [0, 0.1) is 47.3 Å². The zero-order chi connectivity index (χ0) is 14.3. The first-order chi connectivity index (χ1) is 9.67. The van der Waals surface area contributed by atoms with Gasteiger partial charge >= 0.3 is 0 Å². The largest absolute Gasteiger partial charge is 0.0654 e. The maximum atomic E-state index is 2.59. The third kappa shape index (κ3) is 2.81. The molecule has 116 valence electrons. The van der Waals surface area contributed by atoms with Gasteiger partial charge in [-0.15, -0.1) is 0 Å². The van der Waals surface area contributed by atoms with Gasteiger partial charge in [-0.1, -0.05) is 47.0 Å². The van der Waals surface area contributed by atoms with Gasteiger partial charge in [0.2, 0.25) is 0 Å². The second kappa shape index (κ2) is 6.01. The highest BCUT2D eigenvalue weighted by Crippen LogP contribution is 2.60. The van der Waals surface area contributed by atoms with Crippen LogP contribution in [0.15, 0.2) is 0 Å². The third-order valence-corrected chi connectivity index (χ3v) is 7.27. The fraction of sp³-hybridized carbons (Fsp3) is 1.00. The predicted octanol–water partition coefficient (Wildman–Crippen LogP) is 6.16. The standard InChI is InChI=1S/C20H36/c1-5-7-17(15-8-9-15)20(16-10-11-16)19-12-18(14(19)4)13(3)6-2/h13-20H,5-12H2,1-4H3. The molecule has 0 heteroatoms. The van der Waals surface area contributed by atoms with E-state index >= 15 is 0 Å². The molecule has 6 atom stereocenters. The zero-order valence-electron chi connectivity index (χ0n) is 14.3. The van der Waals surface area contributed by atoms with Crippen LogP contribution in [0.5, 0.6) is 0 Å². The Morgan fingerprint density at radius 3 is 2.05 bits per heavy atom. The highest BCUT2D eigenvalue weighted by molar-refractivity contribution is 5.01. The molecular weight excluding hydrogens is 240 g/mol. The minimum Gasteiger partial charge on any atom is -0.0654 e. The minimum absolute atomic E-state index is 0.964. The first-order valence-electron chi connectivity index (χ1n) is 9.67. The summed E-state index contributed by atoms with van der Waals surface area (Å²) in [7, 11) is 0. The maximum Gasteiger partial charge on any atom is -0.0324 e. The predicted molar refractivity (Wildman–Crippen MR) is 87.6 cm³/mol. The quantitative estimate of drug-likeness (QED) is 0.498. The Bertz CT molecular complexity index is 312. The van der Waals surface area contributed by atoms with Crippen LogP contribution in [0.1, 0.15) is 79.1 Å². The van der Waals surface area contributed by atoms with E-state index in [1.54, 1.807) is 32.1 Å². The van der Waals surface area contributed by atoms with Crippen molar-refractivity contribution in [2.45, 2.75) is 79.1 Å². The van der Waals surface area contributed by atoms with Crippen LogP contribution in [-0.4, -0.2) is 0 Å². The molecule has 20 heavy (non-hydrogen) atoms. The lowest BCUT2D eigenvalue weighted by molar-refractivity contribution is -0.0326. The Hall–Kier alpha value is 0. The molecule has 0 radical (unpaired) electrons. The molecule has 6 unspecified atom stereocenters. The van der Waals surface area contributed by atoms with Crippen LogP contribution >= 0.6 is 0 Å². The molecule has 0 aliphatic heterocycles. The molecule has 3 fully saturated rings. The summed E-state index contributed by atoms with van der Waals surface area (Å²) in [6, 6.07) is 0. The Balaban J connectivity index is 1.65. The normalized spacial score (nSPS) is 38.1. The van der Waals surface area contributed by atoms with Crippen LogP contribution < -0.4 is 0 Å². The van der Waals surface area contributed by atoms with Gasteiger partial charge in [-0.2, -0.15) is 0 Å². The van der Waals surface area contributed by atoms with E-state index in [0.717, 1.165) is 47.3 Å². The van der Waals surface area contributed by atoms with Gasteiger partial charge < -0.3 is 0 Å². The van der Waals surface area contributed by atoms with E-state index in [1.807, 2.05) is 0 Å². The molecule has 0 N–H and O–H groups in total. The molecule has 3 rings (SSSR count). The second-order valence-corrected chi connectivity index (χ2v) is 8.51. The number of hydrogen-bond donors (Lipinski definition) is 0. The second-order valence-electron chi connectivity index (χ2n) is 8.51. The van der Waals surface area contributed by atoms with Crippen LogP contribution in [-0.2, 0) is 0 Å². The van der Waals surface area contributed by atoms with Gasteiger partial charge in [0.15, 0.2) is 0 Å². The van der Waals surface area contributed by atoms with Gasteiger partial charge in [0.25, 0.3) is 0 Å². The summed E-state index contributed by atoms with van der Waals surface area (Å²) in [5.41, 5.74) is 0. The van der Waals surface area contributed by atoms with Crippen molar-refractivity contribution >= 4 is 0 Å². The average molecular weight is 277 g/mol. The highest BCUT2D eigenvalue weighted by Gasteiger charge is 2.52. The van der Waals surface area contributed by atoms with Crippen LogP contribution in [0.4, 0.5) is 0 Å². The van der Waals surface area contributed by atoms with Gasteiger partial charge in [0.1, 0.15) is 0 Å². The van der Waals surface area contributed by atoms with E-state index in [2.05, 4.69) is 27.7 Å². The van der Waals surface area contributed by atoms with Gasteiger partial charge in [-0.05, 0) is 79.4 Å². The number of rotatable bonds is 8. The lowest BCUT2D eigenvalue weighted by Gasteiger charge is -2.52. The summed E-state index contributed by atoms with van der Waals surface area (Å²) >= 11 is 0. The lowest BCUT2D eigenvalue weighted by Crippen LogP contribution is -2.45. The van der Waals surface area contributed by atoms with Gasteiger partial charge in [-0.25, -0.2) is 0 Å². The van der Waals surface area contributed by atoms with E-state index in [9.17, 15) is 0 Å². The molecule has 3 aliphatic rings. The summed E-state index contributed by atoms with van der Waals surface area (Å²) < 4.78 is 0. The zero-order valence-corrected chi connectivity index (χ0v) is 14.3. The van der Waals surface area contributed by atoms with Crippen molar-refractivity contribution in [3.8, 4) is 0 Å². The topological polar surface area (TPSA) is 0 Å². The first-order valence-corrected chi connectivity index (χ1v) is 9.67. The highest BCUT2D eigenvalue weighted by atomic mass is 14.6. The van der Waals surface area contributed by atoms with Crippen LogP contribution in [0.2, 0.25) is 0 Å². The molecule has 0 spiro atoms. The minimum atomic E-state index is 0.964. The molecule has 0 aromatic heterocycles. The SMILES string of the molecule is CCCC(C1CC1)C(C1CC1)C1CC(C(C)CC)C1C. The molecule has 0 bridgehead atoms. The van der Waals surface area contributed by atoms with Crippen molar-refractivity contribution < 1.29 is 0 Å². The maximum absolute atomic E-state index is 2.59. The van der Waals surface area contributed by atoms with E-state index < -0.39 is 0 Å². The smallest absolute Gasteiger partial charge is 0.0324 e. The molecule has 0 nitrogen and oxygen atoms in total. The van der Waals surface area contributed by atoms with Crippen molar-refractivity contribution in [3.63, 3.8) is 0 Å². The monoisotopic (exact) mass is 276 g/mol. The lowest BCUT2D eigenvalue weighted by atomic mass is 9.53. The van der Waals surface area contributed by atoms with Crippen molar-refractivity contribution in [3.05, 3.63) is 0 Å². The Labute approximate surface area is 127 Å². The van der Waals surface area contributed by atoms with E-state index in [1.165, 1.54) is 19.3 Å². The molecule has 0 aromatic carbocycles. The molecular formula is C20H36. The first kappa shape index (κ1) is 14.9. The molecule has 0 saturated heterocycles. The van der Waals surface area contributed by atoms with E-state index in [0.29, 0.717) is 0 Å². The molecule has 0 aromatic rings. The van der Waals surface area contributed by atoms with Crippen molar-refractivity contribution in [1.82, 2.24) is 0 Å². The Morgan fingerprint density at radius 1 is 0.950 bits per heavy atom. The van der Waals surface area contributed by atoms with Crippen molar-refractivity contribution in [2.24, 2.45) is 47.3 Å². The fourth-order valence-electron chi connectivity index (χ4n) is 5.52. The Kier molecular flexibility index (Phi) is 4.48. The fourth-order valence-corrected chi connectivity index (χ4v) is 5.52. The summed E-state index contributed by atoms with van der Waals surface area (Å²) in [4.78, 5) is 0. The molecule has 0 amide bonds. The average Bonchev–Trinajstić information content (AvgIpc) is 3.29. The summed E-state index contributed by atoms with van der Waals surface area (Å²) in [6.45, 7) is 9.88. The van der Waals surface area contributed by atoms with Gasteiger partial charge in [0.05, 0.1) is 0 Å². The summed E-state index contributed by atoms with van der Waals surface area (Å²) in [5, 5.41) is 0. The molecule has 0 heterocycles. The van der Waals surface area contributed by atoms with Crippen molar-refractivity contribution in [2.75, 3.05) is 0 Å². The van der Waals surface area contributed by atoms with E-state index in [4.69, 9.17) is 0 Å². The van der Waals surface area contributed by atoms with E-state index in [-0.39, 0.29) is 0 Å². The Morgan fingerprint density at radius 2 is 1.60 bits per heavy atom. The van der Waals surface area contributed by atoms with Gasteiger partial charge in [0, 0.05) is 0 Å². The molecule has 3 aliphatic carbocycles. The number of hydrogen-bond acceptors (Lipinski definition) is 0. The summed E-state index contributed by atoms with van der Waals surface area (Å²) in [5.74, 6) is 8.63. The van der Waals surface area contributed by atoms with Gasteiger partial charge in [-0.3, -0.25) is 0 Å². The van der Waals surface area contributed by atoms with Crippen LogP contribution in [0.25, 0.3) is 0 Å². The summed E-state index contributed by atoms with van der Waals surface area (Å²) in [6.07, 6.45) is 12.2. The third-order valence-electron chi connectivity index (χ3n) is 7.27.